The van der Waals surface area contributed by atoms with Crippen LogP contribution in [0.15, 0.2) is 29.4 Å². The molecule has 24 heavy (non-hydrogen) atoms. The van der Waals surface area contributed by atoms with E-state index in [1.54, 1.807) is 27.8 Å². The number of hydrogen-bond acceptors (Lipinski definition) is 7. The molecule has 0 spiro atoms. The summed E-state index contributed by atoms with van der Waals surface area (Å²) in [6, 6.07) is 5.83. The average Bonchev–Trinajstić information content (AvgIpc) is 2.62. The Morgan fingerprint density at radius 1 is 1.33 bits per heavy atom. The van der Waals surface area contributed by atoms with E-state index in [9.17, 15) is 4.79 Å². The van der Waals surface area contributed by atoms with Crippen LogP contribution in [0.5, 0.6) is 0 Å². The maximum absolute atomic E-state index is 11.9. The first-order chi connectivity index (χ1) is 11.8. The van der Waals surface area contributed by atoms with Gasteiger partial charge < -0.3 is 19.5 Å². The summed E-state index contributed by atoms with van der Waals surface area (Å²) in [5.41, 5.74) is 0. The van der Waals surface area contributed by atoms with Gasteiger partial charge in [-0.1, -0.05) is 23.3 Å². The molecule has 2 rings (SSSR count). The molecule has 1 saturated heterocycles. The van der Waals surface area contributed by atoms with E-state index in [0.717, 1.165) is 30.0 Å². The summed E-state index contributed by atoms with van der Waals surface area (Å²) in [6.45, 7) is 0.233. The SMILES string of the molecule is COC1OCC(NC(=O)CCCCCSSc2ccccn2)CO1. The van der Waals surface area contributed by atoms with Crippen LogP contribution in [0.1, 0.15) is 25.7 Å². The molecule has 1 aromatic heterocycles. The fourth-order valence-electron chi connectivity index (χ4n) is 2.13. The molecule has 8 heteroatoms. The normalized spacial score (nSPS) is 20.7. The molecule has 0 bridgehead atoms. The molecule has 1 fully saturated rings. The first-order valence-electron chi connectivity index (χ1n) is 8.04. The van der Waals surface area contributed by atoms with E-state index in [0.29, 0.717) is 19.6 Å². The lowest BCUT2D eigenvalue weighted by molar-refractivity contribution is -0.305. The van der Waals surface area contributed by atoms with Crippen LogP contribution in [0.3, 0.4) is 0 Å². The Morgan fingerprint density at radius 2 is 2.17 bits per heavy atom. The standard InChI is InChI=1S/C16H24N2O4S2/c1-20-16-21-11-13(12-22-16)18-14(19)7-3-2-6-10-23-24-15-8-4-5-9-17-15/h4-5,8-9,13,16H,2-3,6-7,10-12H2,1H3,(H,18,19). The first-order valence-corrected chi connectivity index (χ1v) is 10.4. The molecular formula is C16H24N2O4S2. The molecule has 1 aliphatic rings. The number of pyridine rings is 1. The Hall–Kier alpha value is -0.800. The first kappa shape index (κ1) is 19.5. The number of hydrogen-bond donors (Lipinski definition) is 1. The highest BCUT2D eigenvalue weighted by atomic mass is 33.1. The van der Waals surface area contributed by atoms with Crippen molar-refractivity contribution >= 4 is 27.5 Å². The number of nitrogens with one attached hydrogen (secondary N) is 1. The van der Waals surface area contributed by atoms with Gasteiger partial charge in [0.15, 0.2) is 0 Å². The lowest BCUT2D eigenvalue weighted by atomic mass is 10.2. The summed E-state index contributed by atoms with van der Waals surface area (Å²) in [6.07, 6.45) is 5.40. The van der Waals surface area contributed by atoms with Crippen molar-refractivity contribution < 1.29 is 19.0 Å². The Kier molecular flexibility index (Phi) is 9.52. The van der Waals surface area contributed by atoms with Gasteiger partial charge in [0.1, 0.15) is 5.03 Å². The largest absolute Gasteiger partial charge is 0.349 e. The minimum absolute atomic E-state index is 0.0542. The number of amides is 1. The van der Waals surface area contributed by atoms with Crippen LogP contribution in [0.4, 0.5) is 0 Å². The van der Waals surface area contributed by atoms with E-state index in [-0.39, 0.29) is 11.9 Å². The van der Waals surface area contributed by atoms with Crippen LogP contribution in [0, 0.1) is 0 Å². The van der Waals surface area contributed by atoms with Gasteiger partial charge in [0, 0.05) is 25.5 Å². The molecule has 0 radical (unpaired) electrons. The lowest BCUT2D eigenvalue weighted by Crippen LogP contribution is -2.47. The third kappa shape index (κ3) is 7.85. The van der Waals surface area contributed by atoms with E-state index in [1.165, 1.54) is 7.11 Å². The van der Waals surface area contributed by atoms with Gasteiger partial charge in [-0.25, -0.2) is 4.98 Å². The molecule has 0 atom stereocenters. The fraction of sp³-hybridized carbons (Fsp3) is 0.625. The van der Waals surface area contributed by atoms with Gasteiger partial charge in [-0.3, -0.25) is 4.79 Å². The maximum atomic E-state index is 11.9. The van der Waals surface area contributed by atoms with Crippen molar-refractivity contribution in [2.45, 2.75) is 43.2 Å². The second-order valence-corrected chi connectivity index (χ2v) is 7.78. The second kappa shape index (κ2) is 11.7. The molecule has 6 nitrogen and oxygen atoms in total. The van der Waals surface area contributed by atoms with Gasteiger partial charge in [0.25, 0.3) is 6.48 Å². The van der Waals surface area contributed by atoms with Crippen molar-refractivity contribution in [3.05, 3.63) is 24.4 Å². The minimum Gasteiger partial charge on any atom is -0.349 e. The predicted molar refractivity (Wildman–Crippen MR) is 95.7 cm³/mol. The average molecular weight is 373 g/mol. The molecule has 2 heterocycles. The Labute approximate surface area is 150 Å². The van der Waals surface area contributed by atoms with E-state index in [2.05, 4.69) is 10.3 Å². The van der Waals surface area contributed by atoms with Gasteiger partial charge in [-0.2, -0.15) is 0 Å². The van der Waals surface area contributed by atoms with Gasteiger partial charge in [-0.05, 0) is 35.8 Å². The fourth-order valence-corrected chi connectivity index (χ4v) is 4.15. The summed E-state index contributed by atoms with van der Waals surface area (Å²) in [7, 11) is 5.03. The van der Waals surface area contributed by atoms with E-state index >= 15 is 0 Å². The topological polar surface area (TPSA) is 69.7 Å². The number of carbonyl (C=O) groups excluding carboxylic acids is 1. The Bertz CT molecular complexity index is 470. The number of ether oxygens (including phenoxy) is 3. The third-order valence-electron chi connectivity index (χ3n) is 3.34. The van der Waals surface area contributed by atoms with Gasteiger partial charge in [0.2, 0.25) is 5.91 Å². The van der Waals surface area contributed by atoms with Crippen LogP contribution in [0.2, 0.25) is 0 Å². The zero-order chi connectivity index (χ0) is 17.0. The van der Waals surface area contributed by atoms with E-state index in [4.69, 9.17) is 14.2 Å². The Balaban J connectivity index is 1.43. The molecule has 1 aromatic rings. The van der Waals surface area contributed by atoms with Crippen LogP contribution in [0.25, 0.3) is 0 Å². The zero-order valence-corrected chi connectivity index (χ0v) is 15.4. The summed E-state index contributed by atoms with van der Waals surface area (Å²) in [4.78, 5) is 16.1. The third-order valence-corrected chi connectivity index (χ3v) is 5.69. The maximum Gasteiger partial charge on any atom is 0.271 e. The zero-order valence-electron chi connectivity index (χ0n) is 13.8. The molecule has 134 valence electrons. The number of unbranched alkanes of at least 4 members (excludes halogenated alkanes) is 2. The second-order valence-electron chi connectivity index (χ2n) is 5.34. The van der Waals surface area contributed by atoms with E-state index < -0.39 is 6.48 Å². The van der Waals surface area contributed by atoms with Crippen LogP contribution in [-0.4, -0.2) is 49.5 Å². The lowest BCUT2D eigenvalue weighted by Gasteiger charge is -2.28. The predicted octanol–water partition coefficient (Wildman–Crippen LogP) is 2.84. The van der Waals surface area contributed by atoms with Crippen molar-refractivity contribution in [2.75, 3.05) is 26.1 Å². The molecule has 0 aromatic carbocycles. The van der Waals surface area contributed by atoms with Crippen LogP contribution >= 0.6 is 21.6 Å². The Morgan fingerprint density at radius 3 is 2.88 bits per heavy atom. The molecule has 0 unspecified atom stereocenters. The van der Waals surface area contributed by atoms with Gasteiger partial charge in [0.05, 0.1) is 19.3 Å². The van der Waals surface area contributed by atoms with Crippen molar-refractivity contribution in [1.82, 2.24) is 10.3 Å². The number of carbonyl (C=O) groups is 1. The van der Waals surface area contributed by atoms with Gasteiger partial charge >= 0.3 is 0 Å². The summed E-state index contributed by atoms with van der Waals surface area (Å²) >= 11 is 0. The molecule has 1 amide bonds. The minimum atomic E-state index is -0.611. The van der Waals surface area contributed by atoms with Crippen molar-refractivity contribution in [3.63, 3.8) is 0 Å². The van der Waals surface area contributed by atoms with Crippen molar-refractivity contribution in [2.24, 2.45) is 0 Å². The number of rotatable bonds is 10. The van der Waals surface area contributed by atoms with Crippen LogP contribution < -0.4 is 5.32 Å². The van der Waals surface area contributed by atoms with Crippen LogP contribution in [-0.2, 0) is 19.0 Å². The molecule has 1 aliphatic heterocycles. The highest BCUT2D eigenvalue weighted by Crippen LogP contribution is 2.29. The highest BCUT2D eigenvalue weighted by molar-refractivity contribution is 8.76. The molecule has 0 saturated carbocycles. The number of nitrogens with zero attached hydrogens (tertiary/aromatic N) is 1. The van der Waals surface area contributed by atoms with Crippen molar-refractivity contribution in [3.8, 4) is 0 Å². The molecular weight excluding hydrogens is 348 g/mol. The molecule has 0 aliphatic carbocycles. The summed E-state index contributed by atoms with van der Waals surface area (Å²) < 4.78 is 15.5. The smallest absolute Gasteiger partial charge is 0.271 e. The molecule has 1 N–H and O–H groups in total. The number of methoxy groups -OCH3 is 1. The van der Waals surface area contributed by atoms with Crippen molar-refractivity contribution in [1.29, 1.82) is 0 Å². The quantitative estimate of drug-likeness (QED) is 0.500. The summed E-state index contributed by atoms with van der Waals surface area (Å²) in [5, 5.41) is 3.96. The van der Waals surface area contributed by atoms with E-state index in [1.807, 2.05) is 18.2 Å². The van der Waals surface area contributed by atoms with Gasteiger partial charge in [-0.15, -0.1) is 0 Å². The highest BCUT2D eigenvalue weighted by Gasteiger charge is 2.22. The number of aromatic nitrogens is 1. The monoisotopic (exact) mass is 372 g/mol. The summed E-state index contributed by atoms with van der Waals surface area (Å²) in [5.74, 6) is 1.12.